The number of aromatic hydroxyl groups is 2. The van der Waals surface area contributed by atoms with Crippen LogP contribution in [0.15, 0.2) is 35.9 Å². The van der Waals surface area contributed by atoms with E-state index in [1.165, 1.54) is 5.57 Å². The van der Waals surface area contributed by atoms with Crippen molar-refractivity contribution >= 4 is 23.5 Å². The second kappa shape index (κ2) is 8.46. The smallest absolute Gasteiger partial charge is 0.123 e. The van der Waals surface area contributed by atoms with Crippen molar-refractivity contribution in [2.75, 3.05) is 0 Å². The SMILES string of the molecule is [B]C([B])([B])C(=C)C1CCC(C)=CC1c1c(O)cc(CCCCC)cc1O. The summed E-state index contributed by atoms with van der Waals surface area (Å²) in [4.78, 5) is 0. The molecule has 6 radical (unpaired) electrons. The maximum Gasteiger partial charge on any atom is 0.123 e. The Hall–Kier alpha value is -1.51. The number of hydrogen-bond acceptors (Lipinski definition) is 2. The Bertz CT molecular complexity index is 666. The van der Waals surface area contributed by atoms with Crippen LogP contribution in [0.25, 0.3) is 0 Å². The fourth-order valence-electron chi connectivity index (χ4n) is 3.81. The van der Waals surface area contributed by atoms with Gasteiger partial charge in [0.1, 0.15) is 11.5 Å². The molecule has 26 heavy (non-hydrogen) atoms. The highest BCUT2D eigenvalue weighted by atomic mass is 16.3. The Balaban J connectivity index is 2.39. The van der Waals surface area contributed by atoms with Crippen molar-refractivity contribution in [1.29, 1.82) is 0 Å². The van der Waals surface area contributed by atoms with E-state index in [0.29, 0.717) is 11.1 Å². The number of aryl methyl sites for hydroxylation is 1. The minimum absolute atomic E-state index is 0.0990. The van der Waals surface area contributed by atoms with Crippen LogP contribution in [0.3, 0.4) is 0 Å². The second-order valence-electron chi connectivity index (χ2n) is 7.65. The molecule has 0 bridgehead atoms. The molecular weight excluding hydrogens is 317 g/mol. The molecule has 0 spiro atoms. The summed E-state index contributed by atoms with van der Waals surface area (Å²) < 4.78 is 0. The minimum Gasteiger partial charge on any atom is -0.507 e. The summed E-state index contributed by atoms with van der Waals surface area (Å²) in [5.74, 6) is -0.193. The van der Waals surface area contributed by atoms with E-state index in [9.17, 15) is 10.2 Å². The molecule has 1 aliphatic rings. The van der Waals surface area contributed by atoms with Gasteiger partial charge in [-0.15, -0.1) is 11.7 Å². The summed E-state index contributed by atoms with van der Waals surface area (Å²) in [5, 5.41) is 19.8. The molecular formula is C21H27B3O2. The summed E-state index contributed by atoms with van der Waals surface area (Å²) in [6, 6.07) is 3.51. The van der Waals surface area contributed by atoms with E-state index >= 15 is 0 Å². The average Bonchev–Trinajstić information content (AvgIpc) is 2.53. The number of allylic oxidation sites excluding steroid dienone is 3. The van der Waals surface area contributed by atoms with Crippen LogP contribution in [-0.4, -0.2) is 33.8 Å². The Morgan fingerprint density at radius 2 is 1.81 bits per heavy atom. The van der Waals surface area contributed by atoms with Crippen LogP contribution in [0.5, 0.6) is 11.5 Å². The van der Waals surface area contributed by atoms with Gasteiger partial charge in [-0.25, -0.2) is 0 Å². The van der Waals surface area contributed by atoms with E-state index in [1.807, 2.05) is 6.92 Å². The van der Waals surface area contributed by atoms with Crippen LogP contribution in [-0.2, 0) is 6.42 Å². The number of rotatable bonds is 7. The summed E-state index contributed by atoms with van der Waals surface area (Å²) in [6.07, 6.45) is 7.83. The van der Waals surface area contributed by atoms with Crippen molar-refractivity contribution in [1.82, 2.24) is 0 Å². The molecule has 0 amide bonds. The quantitative estimate of drug-likeness (QED) is 0.437. The molecule has 0 heterocycles. The molecule has 0 saturated heterocycles. The number of unbranched alkanes of at least 4 members (excludes halogenated alkanes) is 2. The highest BCUT2D eigenvalue weighted by Crippen LogP contribution is 2.49. The molecule has 0 fully saturated rings. The molecule has 2 atom stereocenters. The van der Waals surface area contributed by atoms with Crippen molar-refractivity contribution in [2.24, 2.45) is 5.92 Å². The lowest BCUT2D eigenvalue weighted by Crippen LogP contribution is -2.27. The lowest BCUT2D eigenvalue weighted by molar-refractivity contribution is 0.404. The lowest BCUT2D eigenvalue weighted by atomic mass is 9.37. The van der Waals surface area contributed by atoms with Crippen molar-refractivity contribution in [3.05, 3.63) is 47.1 Å². The van der Waals surface area contributed by atoms with E-state index in [0.717, 1.165) is 44.1 Å². The fraction of sp³-hybridized carbons (Fsp3) is 0.524. The standard InChI is InChI=1S/C21H27B3O2/c1-4-5-6-7-15-11-18(25)20(19(26)12-15)17-10-13(2)8-9-16(17)14(3)21(22,23)24/h10-12,16-17,25-26H,3-9H2,1-2H3. The largest absolute Gasteiger partial charge is 0.507 e. The van der Waals surface area contributed by atoms with Crippen molar-refractivity contribution < 1.29 is 10.2 Å². The number of benzene rings is 1. The van der Waals surface area contributed by atoms with Gasteiger partial charge in [0.05, 0.1) is 23.5 Å². The van der Waals surface area contributed by atoms with Crippen molar-refractivity contribution in [3.63, 3.8) is 0 Å². The van der Waals surface area contributed by atoms with Gasteiger partial charge in [0.25, 0.3) is 0 Å². The van der Waals surface area contributed by atoms with E-state index in [2.05, 4.69) is 19.6 Å². The highest BCUT2D eigenvalue weighted by Gasteiger charge is 2.34. The molecule has 5 heteroatoms. The maximum atomic E-state index is 10.7. The zero-order valence-corrected chi connectivity index (χ0v) is 16.0. The molecule has 1 aromatic carbocycles. The van der Waals surface area contributed by atoms with Gasteiger partial charge >= 0.3 is 0 Å². The van der Waals surface area contributed by atoms with Gasteiger partial charge in [0.15, 0.2) is 0 Å². The molecule has 2 N–H and O–H groups in total. The predicted octanol–water partition coefficient (Wildman–Crippen LogP) is 4.41. The van der Waals surface area contributed by atoms with Gasteiger partial charge in [-0.1, -0.05) is 37.0 Å². The van der Waals surface area contributed by atoms with Gasteiger partial charge in [-0.2, -0.15) is 0 Å². The summed E-state index contributed by atoms with van der Waals surface area (Å²) in [5.41, 5.74) is 3.16. The average molecular weight is 344 g/mol. The van der Waals surface area contributed by atoms with Crippen LogP contribution >= 0.6 is 0 Å². The topological polar surface area (TPSA) is 40.5 Å². The number of phenolic OH excluding ortho intramolecular Hbond substituents is 2. The first-order valence-electron chi connectivity index (χ1n) is 9.43. The third-order valence-electron chi connectivity index (χ3n) is 5.35. The highest BCUT2D eigenvalue weighted by molar-refractivity contribution is 6.61. The molecule has 132 valence electrons. The maximum absolute atomic E-state index is 10.7. The third kappa shape index (κ3) is 4.81. The van der Waals surface area contributed by atoms with Crippen LogP contribution in [0.4, 0.5) is 0 Å². The van der Waals surface area contributed by atoms with Crippen LogP contribution in [0.1, 0.15) is 63.0 Å². The van der Waals surface area contributed by atoms with Gasteiger partial charge in [-0.3, -0.25) is 0 Å². The predicted molar refractivity (Wildman–Crippen MR) is 111 cm³/mol. The summed E-state index contributed by atoms with van der Waals surface area (Å²) in [7, 11) is 17.6. The first kappa shape index (κ1) is 20.8. The molecule has 2 rings (SSSR count). The van der Waals surface area contributed by atoms with Gasteiger partial charge in [0.2, 0.25) is 0 Å². The Kier molecular flexibility index (Phi) is 6.77. The fourth-order valence-corrected chi connectivity index (χ4v) is 3.81. The number of phenols is 2. The van der Waals surface area contributed by atoms with Gasteiger partial charge < -0.3 is 10.2 Å². The summed E-state index contributed by atoms with van der Waals surface area (Å²) >= 11 is 0. The molecule has 1 aliphatic carbocycles. The molecule has 0 aromatic heterocycles. The van der Waals surface area contributed by atoms with E-state index in [1.54, 1.807) is 12.1 Å². The van der Waals surface area contributed by atoms with Crippen LogP contribution in [0, 0.1) is 5.92 Å². The minimum atomic E-state index is -1.49. The summed E-state index contributed by atoms with van der Waals surface area (Å²) in [6.45, 7) is 8.20. The first-order valence-corrected chi connectivity index (χ1v) is 9.43. The normalized spacial score (nSPS) is 20.6. The zero-order valence-electron chi connectivity index (χ0n) is 16.0. The number of hydrogen-bond donors (Lipinski definition) is 2. The molecule has 2 unspecified atom stereocenters. The second-order valence-corrected chi connectivity index (χ2v) is 7.65. The lowest BCUT2D eigenvalue weighted by Gasteiger charge is -2.38. The Labute approximate surface area is 162 Å². The zero-order chi connectivity index (χ0) is 19.5. The van der Waals surface area contributed by atoms with E-state index in [-0.39, 0.29) is 23.3 Å². The van der Waals surface area contributed by atoms with E-state index in [4.69, 9.17) is 23.5 Å². The Morgan fingerprint density at radius 1 is 1.19 bits per heavy atom. The first-order chi connectivity index (χ1) is 12.1. The molecule has 2 nitrogen and oxygen atoms in total. The monoisotopic (exact) mass is 344 g/mol. The Morgan fingerprint density at radius 3 is 2.35 bits per heavy atom. The molecule has 0 saturated carbocycles. The van der Waals surface area contributed by atoms with Gasteiger partial charge in [-0.05, 0) is 56.2 Å². The molecule has 0 aliphatic heterocycles. The molecule has 1 aromatic rings. The van der Waals surface area contributed by atoms with E-state index < -0.39 is 5.11 Å². The van der Waals surface area contributed by atoms with Crippen molar-refractivity contribution in [2.45, 2.75) is 63.4 Å². The van der Waals surface area contributed by atoms with Crippen LogP contribution in [0.2, 0.25) is 5.11 Å². The van der Waals surface area contributed by atoms with Gasteiger partial charge in [0, 0.05) is 11.5 Å². The third-order valence-corrected chi connectivity index (χ3v) is 5.35. The van der Waals surface area contributed by atoms with Crippen molar-refractivity contribution in [3.8, 4) is 11.5 Å². The van der Waals surface area contributed by atoms with Crippen LogP contribution < -0.4 is 0 Å².